The van der Waals surface area contributed by atoms with E-state index in [2.05, 4.69) is 10.3 Å². The number of alkyl halides is 3. The Morgan fingerprint density at radius 3 is 2.62 bits per heavy atom. The van der Waals surface area contributed by atoms with Crippen LogP contribution < -0.4 is 5.32 Å². The largest absolute Gasteiger partial charge is 0.433 e. The number of thioether (sulfide) groups is 2. The van der Waals surface area contributed by atoms with Crippen LogP contribution in [-0.4, -0.2) is 46.7 Å². The molecule has 2 heterocycles. The minimum absolute atomic E-state index is 0.0568. The zero-order chi connectivity index (χ0) is 15.8. The van der Waals surface area contributed by atoms with Crippen molar-refractivity contribution in [3.05, 3.63) is 22.8 Å². The van der Waals surface area contributed by atoms with Crippen LogP contribution in [0.25, 0.3) is 0 Å². The first-order valence-electron chi connectivity index (χ1n) is 5.59. The van der Waals surface area contributed by atoms with Crippen molar-refractivity contribution in [3.8, 4) is 0 Å². The summed E-state index contributed by atoms with van der Waals surface area (Å²) < 4.78 is 38.5. The molecule has 0 radical (unpaired) electrons. The normalized spacial score (nSPS) is 25.1. The minimum Gasteiger partial charge on any atom is -0.344 e. The minimum atomic E-state index is -4.57. The average molecular weight is 337 g/mol. The Labute approximate surface area is 126 Å². The van der Waals surface area contributed by atoms with E-state index in [1.807, 2.05) is 0 Å². The van der Waals surface area contributed by atoms with Gasteiger partial charge in [0, 0.05) is 12.7 Å². The monoisotopic (exact) mass is 337 g/mol. The molecule has 5 nitrogen and oxygen atoms in total. The number of allylic oxidation sites excluding steroid dienone is 2. The topological polar surface area (TPSA) is 61.8 Å². The Balaban J connectivity index is 2.39. The molecule has 2 aliphatic heterocycles. The predicted molar refractivity (Wildman–Crippen MR) is 75.9 cm³/mol. The van der Waals surface area contributed by atoms with Crippen molar-refractivity contribution < 1.29 is 22.8 Å². The molecule has 2 amide bonds. The van der Waals surface area contributed by atoms with Crippen molar-refractivity contribution in [1.29, 1.82) is 0 Å². The fraction of sp³-hybridized carbons (Fsp3) is 0.364. The van der Waals surface area contributed by atoms with Crippen LogP contribution in [0.4, 0.5) is 18.0 Å². The Kier molecular flexibility index (Phi) is 4.38. The van der Waals surface area contributed by atoms with Gasteiger partial charge < -0.3 is 4.90 Å². The summed E-state index contributed by atoms with van der Waals surface area (Å²) in [5.41, 5.74) is -1.59. The lowest BCUT2D eigenvalue weighted by Gasteiger charge is -2.31. The molecule has 0 spiro atoms. The van der Waals surface area contributed by atoms with Gasteiger partial charge in [0.15, 0.2) is 5.50 Å². The summed E-state index contributed by atoms with van der Waals surface area (Å²) in [7, 11) is 1.57. The number of hydrogen-bond donors (Lipinski definition) is 1. The number of hydrogen-bond acceptors (Lipinski definition) is 6. The standard InChI is InChI=1S/C11H10F3N3O2S2/c1-17-5(3-6-8(18)16-10(19)21-6)4-7(11(12,13)14)15-9(17)20-2/h3-4,9H,1-2H3,(H,16,18,19)/b6-3-. The van der Waals surface area contributed by atoms with Gasteiger partial charge in [-0.1, -0.05) is 0 Å². The summed E-state index contributed by atoms with van der Waals surface area (Å²) in [6.45, 7) is 0. The average Bonchev–Trinajstić information content (AvgIpc) is 2.69. The Bertz CT molecular complexity index is 584. The first-order chi connectivity index (χ1) is 9.72. The Morgan fingerprint density at radius 1 is 1.48 bits per heavy atom. The molecular formula is C11H10F3N3O2S2. The summed E-state index contributed by atoms with van der Waals surface area (Å²) >= 11 is 1.78. The van der Waals surface area contributed by atoms with Gasteiger partial charge in [-0.05, 0) is 30.2 Å². The van der Waals surface area contributed by atoms with Gasteiger partial charge in [-0.2, -0.15) is 13.2 Å². The van der Waals surface area contributed by atoms with Crippen LogP contribution in [0.3, 0.4) is 0 Å². The molecule has 0 aromatic rings. The molecule has 1 unspecified atom stereocenters. The van der Waals surface area contributed by atoms with E-state index in [-0.39, 0.29) is 10.6 Å². The quantitative estimate of drug-likeness (QED) is 0.784. The van der Waals surface area contributed by atoms with Crippen molar-refractivity contribution in [2.24, 2.45) is 4.99 Å². The number of imide groups is 1. The number of aliphatic imine (C=N–C) groups is 1. The van der Waals surface area contributed by atoms with Gasteiger partial charge in [-0.25, -0.2) is 4.99 Å². The predicted octanol–water partition coefficient (Wildman–Crippen LogP) is 2.33. The molecule has 114 valence electrons. The second-order valence-corrected chi connectivity index (χ2v) is 6.01. The fourth-order valence-electron chi connectivity index (χ4n) is 1.68. The van der Waals surface area contributed by atoms with Crippen molar-refractivity contribution in [2.75, 3.05) is 13.3 Å². The molecule has 2 rings (SSSR count). The number of likely N-dealkylation sites (N-methyl/N-ethyl adjacent to an activating group) is 1. The first-order valence-corrected chi connectivity index (χ1v) is 7.70. The smallest absolute Gasteiger partial charge is 0.344 e. The highest BCUT2D eigenvalue weighted by atomic mass is 32.2. The molecule has 0 bridgehead atoms. The molecule has 10 heteroatoms. The highest BCUT2D eigenvalue weighted by Gasteiger charge is 2.38. The van der Waals surface area contributed by atoms with Gasteiger partial charge in [-0.15, -0.1) is 11.8 Å². The molecule has 0 aromatic carbocycles. The first kappa shape index (κ1) is 16.0. The second-order valence-electron chi connectivity index (χ2n) is 4.11. The molecule has 0 saturated carbocycles. The maximum absolute atomic E-state index is 12.8. The highest BCUT2D eigenvalue weighted by Crippen LogP contribution is 2.31. The Hall–Kier alpha value is -1.42. The van der Waals surface area contributed by atoms with E-state index >= 15 is 0 Å². The molecule has 1 saturated heterocycles. The highest BCUT2D eigenvalue weighted by molar-refractivity contribution is 8.18. The number of carbonyl (C=O) groups excluding carboxylic acids is 2. The van der Waals surface area contributed by atoms with Crippen molar-refractivity contribution >= 4 is 40.4 Å². The second kappa shape index (κ2) is 5.76. The molecule has 0 aliphatic carbocycles. The van der Waals surface area contributed by atoms with Crippen LogP contribution >= 0.6 is 23.5 Å². The van der Waals surface area contributed by atoms with Crippen LogP contribution in [0.2, 0.25) is 0 Å². The van der Waals surface area contributed by atoms with E-state index in [9.17, 15) is 22.8 Å². The number of carbonyl (C=O) groups is 2. The van der Waals surface area contributed by atoms with Gasteiger partial charge in [0.05, 0.1) is 4.91 Å². The zero-order valence-corrected chi connectivity index (χ0v) is 12.5. The van der Waals surface area contributed by atoms with Gasteiger partial charge in [0.25, 0.3) is 11.1 Å². The van der Waals surface area contributed by atoms with E-state index in [1.54, 1.807) is 13.3 Å². The number of halogens is 3. The van der Waals surface area contributed by atoms with E-state index < -0.39 is 28.5 Å². The van der Waals surface area contributed by atoms with E-state index in [1.165, 1.54) is 11.0 Å². The molecule has 2 aliphatic rings. The third-order valence-corrected chi connectivity index (χ3v) is 4.35. The number of rotatable bonds is 2. The van der Waals surface area contributed by atoms with Crippen molar-refractivity contribution in [2.45, 2.75) is 11.7 Å². The van der Waals surface area contributed by atoms with Crippen LogP contribution in [0.5, 0.6) is 0 Å². The molecule has 1 atom stereocenters. The van der Waals surface area contributed by atoms with E-state index in [0.717, 1.165) is 17.8 Å². The molecular weight excluding hydrogens is 327 g/mol. The lowest BCUT2D eigenvalue weighted by Crippen LogP contribution is -2.35. The summed E-state index contributed by atoms with van der Waals surface area (Å²) in [4.78, 5) is 27.7. The van der Waals surface area contributed by atoms with Crippen LogP contribution in [0, 0.1) is 0 Å². The SMILES string of the molecule is CSC1N=C(C(F)(F)F)C=C(/C=C2\SC(=O)NC2=O)N1C. The van der Waals surface area contributed by atoms with Crippen LogP contribution in [0.1, 0.15) is 0 Å². The van der Waals surface area contributed by atoms with Gasteiger partial charge >= 0.3 is 6.18 Å². The molecule has 1 fully saturated rings. The van der Waals surface area contributed by atoms with Crippen LogP contribution in [0.15, 0.2) is 27.7 Å². The summed E-state index contributed by atoms with van der Waals surface area (Å²) in [6, 6.07) is 0. The molecule has 0 aromatic heterocycles. The zero-order valence-electron chi connectivity index (χ0n) is 10.9. The summed E-state index contributed by atoms with van der Waals surface area (Å²) in [5, 5.41) is 1.51. The van der Waals surface area contributed by atoms with Crippen molar-refractivity contribution in [3.63, 3.8) is 0 Å². The summed E-state index contributed by atoms with van der Waals surface area (Å²) in [6.07, 6.45) is -0.819. The number of nitrogens with zero attached hydrogens (tertiary/aromatic N) is 2. The van der Waals surface area contributed by atoms with Crippen molar-refractivity contribution in [1.82, 2.24) is 10.2 Å². The van der Waals surface area contributed by atoms with Gasteiger partial charge in [0.1, 0.15) is 5.71 Å². The number of amides is 2. The maximum atomic E-state index is 12.8. The molecule has 1 N–H and O–H groups in total. The fourth-order valence-corrected chi connectivity index (χ4v) is 3.00. The Morgan fingerprint density at radius 2 is 2.14 bits per heavy atom. The van der Waals surface area contributed by atoms with Crippen LogP contribution in [-0.2, 0) is 4.79 Å². The third-order valence-electron chi connectivity index (χ3n) is 2.69. The number of nitrogens with one attached hydrogen (secondary N) is 1. The third kappa shape index (κ3) is 3.43. The lowest BCUT2D eigenvalue weighted by molar-refractivity contribution is -0.115. The maximum Gasteiger partial charge on any atom is 0.433 e. The van der Waals surface area contributed by atoms with E-state index in [4.69, 9.17) is 0 Å². The van der Waals surface area contributed by atoms with E-state index in [0.29, 0.717) is 11.8 Å². The van der Waals surface area contributed by atoms with Gasteiger partial charge in [0.2, 0.25) is 0 Å². The lowest BCUT2D eigenvalue weighted by atomic mass is 10.2. The molecule has 21 heavy (non-hydrogen) atoms. The van der Waals surface area contributed by atoms with Gasteiger partial charge in [-0.3, -0.25) is 14.9 Å². The summed E-state index contributed by atoms with van der Waals surface area (Å²) in [5.74, 6) is -0.615.